The molecule has 17 heavy (non-hydrogen) atoms. The summed E-state index contributed by atoms with van der Waals surface area (Å²) in [5, 5.41) is 8.86. The van der Waals surface area contributed by atoms with Crippen LogP contribution >= 0.6 is 0 Å². The second-order valence-corrected chi connectivity index (χ2v) is 4.72. The molecule has 94 valence electrons. The van der Waals surface area contributed by atoms with Gasteiger partial charge in [0.05, 0.1) is 12.2 Å². The van der Waals surface area contributed by atoms with E-state index in [4.69, 9.17) is 9.84 Å². The van der Waals surface area contributed by atoms with Crippen LogP contribution in [0.5, 0.6) is 0 Å². The van der Waals surface area contributed by atoms with Gasteiger partial charge in [0.15, 0.2) is 0 Å². The van der Waals surface area contributed by atoms with Gasteiger partial charge in [0.1, 0.15) is 0 Å². The third-order valence-corrected chi connectivity index (χ3v) is 3.53. The number of rotatable bonds is 2. The highest BCUT2D eigenvalue weighted by Gasteiger charge is 2.36. The van der Waals surface area contributed by atoms with Crippen LogP contribution in [-0.4, -0.2) is 47.2 Å². The summed E-state index contributed by atoms with van der Waals surface area (Å²) < 4.78 is 5.64. The summed E-state index contributed by atoms with van der Waals surface area (Å²) in [5.74, 6) is -1.21. The van der Waals surface area contributed by atoms with Crippen LogP contribution in [0, 0.1) is 0 Å². The summed E-state index contributed by atoms with van der Waals surface area (Å²) in [7, 11) is 0. The lowest BCUT2D eigenvalue weighted by atomic mass is 10.1. The molecule has 0 aliphatic carbocycles. The molecule has 0 aromatic heterocycles. The van der Waals surface area contributed by atoms with Gasteiger partial charge in [0.2, 0.25) is 5.91 Å². The smallest absolute Gasteiger partial charge is 0.331 e. The van der Waals surface area contributed by atoms with Crippen molar-refractivity contribution >= 4 is 11.9 Å². The molecule has 2 aliphatic heterocycles. The molecule has 0 spiro atoms. The number of carboxylic acids is 1. The monoisotopic (exact) mass is 239 g/mol. The molecule has 2 heterocycles. The summed E-state index contributed by atoms with van der Waals surface area (Å²) in [6.07, 6.45) is 2.26. The quantitative estimate of drug-likeness (QED) is 0.724. The second kappa shape index (κ2) is 4.49. The van der Waals surface area contributed by atoms with Gasteiger partial charge in [0.25, 0.3) is 0 Å². The van der Waals surface area contributed by atoms with Crippen LogP contribution in [0.25, 0.3) is 0 Å². The summed E-state index contributed by atoms with van der Waals surface area (Å²) >= 11 is 0. The molecule has 2 saturated heterocycles. The largest absolute Gasteiger partial charge is 0.478 e. The van der Waals surface area contributed by atoms with Crippen molar-refractivity contribution < 1.29 is 19.4 Å². The zero-order valence-electron chi connectivity index (χ0n) is 10.1. The van der Waals surface area contributed by atoms with Gasteiger partial charge in [-0.3, -0.25) is 4.79 Å². The van der Waals surface area contributed by atoms with Crippen LogP contribution in [-0.2, 0) is 14.3 Å². The Morgan fingerprint density at radius 3 is 2.12 bits per heavy atom. The highest BCUT2D eigenvalue weighted by molar-refractivity contribution is 6.01. The minimum atomic E-state index is -1.04. The predicted octanol–water partition coefficient (Wildman–Crippen LogP) is 0.797. The van der Waals surface area contributed by atoms with E-state index in [1.807, 2.05) is 0 Å². The van der Waals surface area contributed by atoms with E-state index in [2.05, 4.69) is 0 Å². The average molecular weight is 239 g/mol. The maximum Gasteiger partial charge on any atom is 0.331 e. The molecule has 2 unspecified atom stereocenters. The van der Waals surface area contributed by atoms with Crippen molar-refractivity contribution in [1.82, 2.24) is 4.90 Å². The number of carbonyl (C=O) groups is 2. The Bertz CT molecular complexity index is 376. The topological polar surface area (TPSA) is 66.8 Å². The van der Waals surface area contributed by atoms with E-state index in [9.17, 15) is 9.59 Å². The van der Waals surface area contributed by atoms with Gasteiger partial charge in [-0.25, -0.2) is 4.79 Å². The van der Waals surface area contributed by atoms with Crippen LogP contribution in [0.1, 0.15) is 26.7 Å². The van der Waals surface area contributed by atoms with Gasteiger partial charge in [-0.15, -0.1) is 0 Å². The Balaban J connectivity index is 2.10. The van der Waals surface area contributed by atoms with Crippen LogP contribution in [0.3, 0.4) is 0 Å². The van der Waals surface area contributed by atoms with E-state index in [0.717, 1.165) is 12.8 Å². The standard InChI is InChI=1S/C12H17NO4/c1-7(8(2)12(15)16)11(14)13-5-9-3-4-10(6-13)17-9/h9-10H,3-6H2,1-2H3,(H,15,16). The van der Waals surface area contributed by atoms with Crippen molar-refractivity contribution in [2.24, 2.45) is 0 Å². The van der Waals surface area contributed by atoms with Gasteiger partial charge in [-0.2, -0.15) is 0 Å². The fraction of sp³-hybridized carbons (Fsp3) is 0.667. The number of fused-ring (bicyclic) bond motifs is 2. The van der Waals surface area contributed by atoms with Crippen molar-refractivity contribution in [3.63, 3.8) is 0 Å². The zero-order chi connectivity index (χ0) is 12.6. The van der Waals surface area contributed by atoms with E-state index < -0.39 is 5.97 Å². The zero-order valence-corrected chi connectivity index (χ0v) is 10.1. The molecule has 2 atom stereocenters. The maximum atomic E-state index is 12.1. The van der Waals surface area contributed by atoms with Gasteiger partial charge >= 0.3 is 5.97 Å². The van der Waals surface area contributed by atoms with E-state index >= 15 is 0 Å². The number of hydrogen-bond acceptors (Lipinski definition) is 3. The first-order chi connectivity index (χ1) is 7.99. The molecule has 0 aromatic carbocycles. The van der Waals surface area contributed by atoms with E-state index in [-0.39, 0.29) is 23.7 Å². The lowest BCUT2D eigenvalue weighted by Gasteiger charge is -2.32. The van der Waals surface area contributed by atoms with Crippen molar-refractivity contribution in [1.29, 1.82) is 0 Å². The number of carbonyl (C=O) groups excluding carboxylic acids is 1. The van der Waals surface area contributed by atoms with Crippen LogP contribution < -0.4 is 0 Å². The molecule has 1 N–H and O–H groups in total. The number of hydrogen-bond donors (Lipinski definition) is 1. The molecule has 2 aliphatic rings. The first-order valence-electron chi connectivity index (χ1n) is 5.84. The molecule has 0 saturated carbocycles. The minimum Gasteiger partial charge on any atom is -0.478 e. The highest BCUT2D eigenvalue weighted by Crippen LogP contribution is 2.27. The number of ether oxygens (including phenoxy) is 1. The molecule has 0 aromatic rings. The summed E-state index contributed by atoms with van der Waals surface area (Å²) in [6, 6.07) is 0. The molecule has 2 rings (SSSR count). The Kier molecular flexibility index (Phi) is 3.19. The maximum absolute atomic E-state index is 12.1. The van der Waals surface area contributed by atoms with Gasteiger partial charge < -0.3 is 14.7 Å². The Labute approximate surface area is 100 Å². The van der Waals surface area contributed by atoms with Gasteiger partial charge in [-0.05, 0) is 26.7 Å². The predicted molar refractivity (Wildman–Crippen MR) is 60.5 cm³/mol. The molecule has 1 amide bonds. The number of morpholine rings is 1. The molecule has 0 radical (unpaired) electrons. The van der Waals surface area contributed by atoms with Gasteiger partial charge in [-0.1, -0.05) is 0 Å². The molecular formula is C12H17NO4. The average Bonchev–Trinajstić information content (AvgIpc) is 2.65. The summed E-state index contributed by atoms with van der Waals surface area (Å²) in [5.41, 5.74) is 0.438. The molecular weight excluding hydrogens is 222 g/mol. The third-order valence-electron chi connectivity index (χ3n) is 3.53. The molecule has 2 fully saturated rings. The van der Waals surface area contributed by atoms with Crippen molar-refractivity contribution in [2.45, 2.75) is 38.9 Å². The SMILES string of the molecule is CC(C(=O)O)=C(C)C(=O)N1CC2CCC(C1)O2. The first kappa shape index (κ1) is 12.1. The first-order valence-corrected chi connectivity index (χ1v) is 5.84. The summed E-state index contributed by atoms with van der Waals surface area (Å²) in [4.78, 5) is 24.6. The fourth-order valence-electron chi connectivity index (χ4n) is 2.34. The minimum absolute atomic E-state index is 0.119. The Morgan fingerprint density at radius 2 is 1.65 bits per heavy atom. The van der Waals surface area contributed by atoms with Crippen molar-refractivity contribution in [3.05, 3.63) is 11.1 Å². The van der Waals surface area contributed by atoms with E-state index in [1.54, 1.807) is 11.8 Å². The lowest BCUT2D eigenvalue weighted by Crippen LogP contribution is -2.46. The van der Waals surface area contributed by atoms with Crippen LogP contribution in [0.2, 0.25) is 0 Å². The highest BCUT2D eigenvalue weighted by atomic mass is 16.5. The fourth-order valence-corrected chi connectivity index (χ4v) is 2.34. The number of carboxylic acid groups (broad SMARTS) is 1. The number of aliphatic carboxylic acids is 1. The normalized spacial score (nSPS) is 28.9. The number of likely N-dealkylation sites (tertiary alicyclic amines) is 1. The Morgan fingerprint density at radius 1 is 1.12 bits per heavy atom. The molecule has 5 heteroatoms. The van der Waals surface area contributed by atoms with Gasteiger partial charge in [0, 0.05) is 24.2 Å². The summed E-state index contributed by atoms with van der Waals surface area (Å²) in [6.45, 7) is 4.20. The third kappa shape index (κ3) is 2.34. The molecule has 5 nitrogen and oxygen atoms in total. The number of nitrogens with zero attached hydrogens (tertiary/aromatic N) is 1. The van der Waals surface area contributed by atoms with Crippen LogP contribution in [0.4, 0.5) is 0 Å². The van der Waals surface area contributed by atoms with Crippen molar-refractivity contribution in [2.75, 3.05) is 13.1 Å². The second-order valence-electron chi connectivity index (χ2n) is 4.72. The van der Waals surface area contributed by atoms with Crippen LogP contribution in [0.15, 0.2) is 11.1 Å². The van der Waals surface area contributed by atoms with E-state index in [1.165, 1.54) is 6.92 Å². The molecule has 2 bridgehead atoms. The number of amides is 1. The lowest BCUT2D eigenvalue weighted by molar-refractivity contribution is -0.137. The van der Waals surface area contributed by atoms with E-state index in [0.29, 0.717) is 18.7 Å². The van der Waals surface area contributed by atoms with Crippen molar-refractivity contribution in [3.8, 4) is 0 Å². The Hall–Kier alpha value is -1.36.